The van der Waals surface area contributed by atoms with Crippen molar-refractivity contribution in [1.82, 2.24) is 10.3 Å². The number of nitrogens with zero attached hydrogens (tertiary/aromatic N) is 1. The molecule has 0 saturated carbocycles. The number of aromatic nitrogens is 1. The van der Waals surface area contributed by atoms with Gasteiger partial charge in [0.25, 0.3) is 5.91 Å². The third kappa shape index (κ3) is 5.67. The number of thiazole rings is 1. The molecule has 0 unspecified atom stereocenters. The van der Waals surface area contributed by atoms with Crippen molar-refractivity contribution >= 4 is 41.4 Å². The van der Waals surface area contributed by atoms with Crippen molar-refractivity contribution in [3.63, 3.8) is 0 Å². The minimum absolute atomic E-state index is 0. The average Bonchev–Trinajstić information content (AvgIpc) is 2.94. The van der Waals surface area contributed by atoms with Crippen LogP contribution in [0.15, 0.2) is 34.5 Å². The summed E-state index contributed by atoms with van der Waals surface area (Å²) < 4.78 is 0. The van der Waals surface area contributed by atoms with E-state index in [1.807, 2.05) is 0 Å². The fraction of sp³-hybridized carbons (Fsp3) is 0.286. The van der Waals surface area contributed by atoms with E-state index in [-0.39, 0.29) is 18.3 Å². The minimum atomic E-state index is -0.134. The van der Waals surface area contributed by atoms with Gasteiger partial charge in [0.2, 0.25) is 0 Å². The zero-order valence-corrected chi connectivity index (χ0v) is 14.1. The molecule has 2 rings (SSSR count). The molecule has 0 bridgehead atoms. The molecule has 0 saturated heterocycles. The molecule has 0 aliphatic heterocycles. The predicted octanol–water partition coefficient (Wildman–Crippen LogP) is 2.85. The van der Waals surface area contributed by atoms with E-state index in [0.717, 1.165) is 10.8 Å². The Hall–Kier alpha value is -1.08. The molecule has 0 spiro atoms. The fourth-order valence-corrected chi connectivity index (χ4v) is 2.99. The third-order valence-electron chi connectivity index (χ3n) is 2.64. The van der Waals surface area contributed by atoms with Gasteiger partial charge >= 0.3 is 0 Å². The second-order valence-corrected chi connectivity index (χ2v) is 6.36. The number of carbonyl (C=O) groups is 1. The summed E-state index contributed by atoms with van der Waals surface area (Å²) in [6.45, 7) is 3.06. The molecule has 0 aliphatic rings. The maximum absolute atomic E-state index is 11.8. The Labute approximate surface area is 139 Å². The monoisotopic (exact) mass is 343 g/mol. The number of nitrogens with one attached hydrogen (secondary N) is 1. The van der Waals surface area contributed by atoms with Crippen molar-refractivity contribution in [2.24, 2.45) is 5.73 Å². The van der Waals surface area contributed by atoms with Gasteiger partial charge in [-0.2, -0.15) is 0 Å². The lowest BCUT2D eigenvalue weighted by Crippen LogP contribution is -2.26. The summed E-state index contributed by atoms with van der Waals surface area (Å²) in [6.07, 6.45) is 0. The first-order valence-corrected chi connectivity index (χ1v) is 8.17. The Balaban J connectivity index is 0.00000220. The number of hydrogen-bond donors (Lipinski definition) is 2. The second kappa shape index (κ2) is 9.04. The molecule has 0 atom stereocenters. The number of hydrogen-bond acceptors (Lipinski definition) is 5. The largest absolute Gasteiger partial charge is 0.350 e. The highest BCUT2D eigenvalue weighted by atomic mass is 35.5. The maximum atomic E-state index is 11.8. The van der Waals surface area contributed by atoms with Crippen LogP contribution in [0.5, 0.6) is 0 Å². The van der Waals surface area contributed by atoms with Crippen molar-refractivity contribution in [3.8, 4) is 0 Å². The van der Waals surface area contributed by atoms with E-state index >= 15 is 0 Å². The molecule has 4 nitrogen and oxygen atoms in total. The van der Waals surface area contributed by atoms with Crippen LogP contribution in [-0.4, -0.2) is 23.2 Å². The molecule has 21 heavy (non-hydrogen) atoms. The van der Waals surface area contributed by atoms with E-state index < -0.39 is 0 Å². The van der Waals surface area contributed by atoms with Crippen LogP contribution in [0.4, 0.5) is 0 Å². The van der Waals surface area contributed by atoms with Gasteiger partial charge in [-0.1, -0.05) is 17.7 Å². The zero-order chi connectivity index (χ0) is 14.4. The lowest BCUT2D eigenvalue weighted by molar-refractivity contribution is 0.0951. The minimum Gasteiger partial charge on any atom is -0.350 e. The van der Waals surface area contributed by atoms with Crippen LogP contribution >= 0.6 is 35.5 Å². The summed E-state index contributed by atoms with van der Waals surface area (Å²) in [5, 5.41) is 5.38. The number of thioether (sulfide) groups is 1. The molecule has 0 radical (unpaired) electrons. The van der Waals surface area contributed by atoms with Crippen LogP contribution in [0.3, 0.4) is 0 Å². The van der Waals surface area contributed by atoms with E-state index in [0.29, 0.717) is 18.8 Å². The van der Waals surface area contributed by atoms with Gasteiger partial charge < -0.3 is 11.1 Å². The first-order chi connectivity index (χ1) is 9.69. The highest BCUT2D eigenvalue weighted by Gasteiger charge is 2.09. The number of nitrogens with two attached hydrogens (primary N) is 1. The fourth-order valence-electron chi connectivity index (χ4n) is 1.57. The van der Waals surface area contributed by atoms with Gasteiger partial charge in [-0.3, -0.25) is 4.79 Å². The van der Waals surface area contributed by atoms with Crippen molar-refractivity contribution < 1.29 is 4.79 Å². The predicted molar refractivity (Wildman–Crippen MR) is 91.5 cm³/mol. The van der Waals surface area contributed by atoms with Crippen LogP contribution in [0.1, 0.15) is 21.1 Å². The summed E-state index contributed by atoms with van der Waals surface area (Å²) in [6, 6.07) is 8.36. The molecule has 1 aromatic carbocycles. The van der Waals surface area contributed by atoms with E-state index in [1.165, 1.54) is 21.8 Å². The van der Waals surface area contributed by atoms with Gasteiger partial charge in [-0.15, -0.1) is 35.5 Å². The number of carbonyl (C=O) groups excluding carboxylic acids is 1. The quantitative estimate of drug-likeness (QED) is 0.625. The van der Waals surface area contributed by atoms with Gasteiger partial charge in [0.05, 0.1) is 0 Å². The van der Waals surface area contributed by atoms with E-state index in [9.17, 15) is 4.79 Å². The third-order valence-corrected chi connectivity index (χ3v) is 4.52. The molecular formula is C14H18ClN3OS2. The zero-order valence-electron chi connectivity index (χ0n) is 11.7. The number of halogens is 1. The van der Waals surface area contributed by atoms with Gasteiger partial charge in [0.15, 0.2) is 0 Å². The van der Waals surface area contributed by atoms with Crippen molar-refractivity contribution in [3.05, 3.63) is 45.9 Å². The lowest BCUT2D eigenvalue weighted by Gasteiger charge is -2.04. The molecule has 0 fully saturated rings. The van der Waals surface area contributed by atoms with Crippen LogP contribution in [0.25, 0.3) is 0 Å². The summed E-state index contributed by atoms with van der Waals surface area (Å²) in [7, 11) is 0. The van der Waals surface area contributed by atoms with Gasteiger partial charge in [0.1, 0.15) is 10.7 Å². The molecule has 0 aliphatic carbocycles. The number of benzene rings is 1. The molecular weight excluding hydrogens is 326 g/mol. The van der Waals surface area contributed by atoms with Crippen molar-refractivity contribution in [1.29, 1.82) is 0 Å². The topological polar surface area (TPSA) is 68.0 Å². The van der Waals surface area contributed by atoms with Gasteiger partial charge in [-0.25, -0.2) is 4.98 Å². The van der Waals surface area contributed by atoms with Crippen LogP contribution in [0.2, 0.25) is 0 Å². The van der Waals surface area contributed by atoms with E-state index in [1.54, 1.807) is 17.1 Å². The Bertz CT molecular complexity index is 572. The molecule has 2 aromatic rings. The summed E-state index contributed by atoms with van der Waals surface area (Å²) in [4.78, 5) is 17.2. The van der Waals surface area contributed by atoms with E-state index in [4.69, 9.17) is 5.73 Å². The van der Waals surface area contributed by atoms with E-state index in [2.05, 4.69) is 41.5 Å². The Kier molecular flexibility index (Phi) is 7.74. The second-order valence-electron chi connectivity index (χ2n) is 4.25. The maximum Gasteiger partial charge on any atom is 0.270 e. The summed E-state index contributed by atoms with van der Waals surface area (Å²) in [5.74, 6) is 0.702. The molecule has 1 aromatic heterocycles. The van der Waals surface area contributed by atoms with Gasteiger partial charge in [-0.05, 0) is 19.1 Å². The van der Waals surface area contributed by atoms with Gasteiger partial charge in [0, 0.05) is 29.1 Å². The SMILES string of the molecule is Cc1ccc(SCCNC(=O)c2csc(CN)n2)cc1.Cl. The molecule has 1 amide bonds. The summed E-state index contributed by atoms with van der Waals surface area (Å²) >= 11 is 3.14. The Morgan fingerprint density at radius 3 is 2.71 bits per heavy atom. The van der Waals surface area contributed by atoms with Crippen LogP contribution < -0.4 is 11.1 Å². The van der Waals surface area contributed by atoms with Crippen LogP contribution in [0, 0.1) is 6.92 Å². The van der Waals surface area contributed by atoms with Crippen molar-refractivity contribution in [2.75, 3.05) is 12.3 Å². The molecule has 114 valence electrons. The normalized spacial score (nSPS) is 10.0. The number of aryl methyl sites for hydroxylation is 1. The molecule has 1 heterocycles. The van der Waals surface area contributed by atoms with Crippen LogP contribution in [-0.2, 0) is 6.54 Å². The summed E-state index contributed by atoms with van der Waals surface area (Å²) in [5.41, 5.74) is 7.18. The first-order valence-electron chi connectivity index (χ1n) is 6.31. The highest BCUT2D eigenvalue weighted by Crippen LogP contribution is 2.17. The molecule has 7 heteroatoms. The average molecular weight is 344 g/mol. The molecule has 3 N–H and O–H groups in total. The Morgan fingerprint density at radius 1 is 1.38 bits per heavy atom. The Morgan fingerprint density at radius 2 is 2.10 bits per heavy atom. The first kappa shape index (κ1) is 18.0. The lowest BCUT2D eigenvalue weighted by atomic mass is 10.2. The standard InChI is InChI=1S/C14H17N3OS2.ClH/c1-10-2-4-11(5-3-10)19-7-6-16-14(18)12-9-20-13(8-15)17-12;/h2-5,9H,6-8,15H2,1H3,(H,16,18);1H. The number of rotatable bonds is 6. The smallest absolute Gasteiger partial charge is 0.270 e. The number of amides is 1. The highest BCUT2D eigenvalue weighted by molar-refractivity contribution is 7.99. The van der Waals surface area contributed by atoms with Crippen molar-refractivity contribution in [2.45, 2.75) is 18.4 Å².